The Morgan fingerprint density at radius 1 is 1.33 bits per heavy atom. The van der Waals surface area contributed by atoms with Gasteiger partial charge < -0.3 is 9.88 Å². The molecule has 0 saturated carbocycles. The molecule has 1 aromatic heterocycles. The smallest absolute Gasteiger partial charge is 0.0960 e. The molecule has 0 unspecified atom stereocenters. The minimum Gasteiger partial charge on any atom is -0.328 e. The SMILES string of the molecule is CCNCCCc1ccc2c(c1)ncn2C(C)C. The molecule has 3 heteroatoms. The summed E-state index contributed by atoms with van der Waals surface area (Å²) in [6, 6.07) is 7.12. The first-order chi connectivity index (χ1) is 8.72. The zero-order valence-corrected chi connectivity index (χ0v) is 11.6. The van der Waals surface area contributed by atoms with Crippen LogP contribution < -0.4 is 5.32 Å². The summed E-state index contributed by atoms with van der Waals surface area (Å²) in [5.41, 5.74) is 3.74. The number of nitrogens with one attached hydrogen (secondary N) is 1. The molecule has 18 heavy (non-hydrogen) atoms. The summed E-state index contributed by atoms with van der Waals surface area (Å²) in [7, 11) is 0. The van der Waals surface area contributed by atoms with Crippen LogP contribution in [0.1, 0.15) is 38.8 Å². The van der Waals surface area contributed by atoms with Crippen LogP contribution >= 0.6 is 0 Å². The van der Waals surface area contributed by atoms with E-state index in [1.165, 1.54) is 17.5 Å². The Hall–Kier alpha value is -1.35. The molecule has 1 aromatic carbocycles. The van der Waals surface area contributed by atoms with Crippen molar-refractivity contribution in [3.63, 3.8) is 0 Å². The summed E-state index contributed by atoms with van der Waals surface area (Å²) in [5.74, 6) is 0. The van der Waals surface area contributed by atoms with E-state index in [0.717, 1.165) is 25.0 Å². The molecule has 98 valence electrons. The van der Waals surface area contributed by atoms with Gasteiger partial charge in [0.05, 0.1) is 17.4 Å². The lowest BCUT2D eigenvalue weighted by molar-refractivity contribution is 0.617. The highest BCUT2D eigenvalue weighted by Crippen LogP contribution is 2.19. The molecule has 1 heterocycles. The van der Waals surface area contributed by atoms with Gasteiger partial charge in [0.2, 0.25) is 0 Å². The van der Waals surface area contributed by atoms with Crippen LogP contribution in [0.3, 0.4) is 0 Å². The Labute approximate surface area is 109 Å². The molecule has 2 rings (SSSR count). The lowest BCUT2D eigenvalue weighted by atomic mass is 10.1. The first-order valence-corrected chi connectivity index (χ1v) is 6.88. The summed E-state index contributed by atoms with van der Waals surface area (Å²) < 4.78 is 2.22. The van der Waals surface area contributed by atoms with Gasteiger partial charge in [0.1, 0.15) is 0 Å². The fourth-order valence-corrected chi connectivity index (χ4v) is 2.24. The Balaban J connectivity index is 2.09. The Morgan fingerprint density at radius 3 is 2.89 bits per heavy atom. The van der Waals surface area contributed by atoms with Crippen molar-refractivity contribution >= 4 is 11.0 Å². The molecular formula is C15H23N3. The second-order valence-corrected chi connectivity index (χ2v) is 5.03. The van der Waals surface area contributed by atoms with Gasteiger partial charge in [0, 0.05) is 6.04 Å². The zero-order chi connectivity index (χ0) is 13.0. The number of hydrogen-bond donors (Lipinski definition) is 1. The average Bonchev–Trinajstić information content (AvgIpc) is 2.77. The van der Waals surface area contributed by atoms with Crippen molar-refractivity contribution in [3.05, 3.63) is 30.1 Å². The lowest BCUT2D eigenvalue weighted by Gasteiger charge is -2.08. The molecule has 3 nitrogen and oxygen atoms in total. The number of aryl methyl sites for hydroxylation is 1. The number of fused-ring (bicyclic) bond motifs is 1. The summed E-state index contributed by atoms with van der Waals surface area (Å²) >= 11 is 0. The highest BCUT2D eigenvalue weighted by atomic mass is 15.1. The van der Waals surface area contributed by atoms with E-state index in [4.69, 9.17) is 0 Å². The number of imidazole rings is 1. The molecule has 0 atom stereocenters. The molecule has 0 saturated heterocycles. The van der Waals surface area contributed by atoms with Crippen LogP contribution in [0.25, 0.3) is 11.0 Å². The van der Waals surface area contributed by atoms with Gasteiger partial charge in [-0.25, -0.2) is 4.98 Å². The third-order valence-electron chi connectivity index (χ3n) is 3.26. The summed E-state index contributed by atoms with van der Waals surface area (Å²) in [6.45, 7) is 8.66. The fourth-order valence-electron chi connectivity index (χ4n) is 2.24. The van der Waals surface area contributed by atoms with Gasteiger partial charge in [-0.2, -0.15) is 0 Å². The minimum atomic E-state index is 0.467. The van der Waals surface area contributed by atoms with Gasteiger partial charge in [0.25, 0.3) is 0 Å². The van der Waals surface area contributed by atoms with Crippen molar-refractivity contribution in [2.45, 2.75) is 39.7 Å². The van der Waals surface area contributed by atoms with E-state index in [1.54, 1.807) is 0 Å². The van der Waals surface area contributed by atoms with Crippen LogP contribution in [-0.2, 0) is 6.42 Å². The van der Waals surface area contributed by atoms with Crippen molar-refractivity contribution < 1.29 is 0 Å². The average molecular weight is 245 g/mol. The maximum Gasteiger partial charge on any atom is 0.0960 e. The second kappa shape index (κ2) is 6.01. The molecule has 0 amide bonds. The van der Waals surface area contributed by atoms with Crippen molar-refractivity contribution in [1.29, 1.82) is 0 Å². The van der Waals surface area contributed by atoms with Gasteiger partial charge >= 0.3 is 0 Å². The van der Waals surface area contributed by atoms with E-state index in [2.05, 4.69) is 53.8 Å². The predicted octanol–water partition coefficient (Wildman–Crippen LogP) is 3.16. The van der Waals surface area contributed by atoms with Crippen LogP contribution in [0, 0.1) is 0 Å². The topological polar surface area (TPSA) is 29.9 Å². The van der Waals surface area contributed by atoms with Crippen LogP contribution in [0.15, 0.2) is 24.5 Å². The maximum atomic E-state index is 4.49. The monoisotopic (exact) mass is 245 g/mol. The molecule has 0 fully saturated rings. The van der Waals surface area contributed by atoms with Crippen LogP contribution in [0.5, 0.6) is 0 Å². The summed E-state index contributed by atoms with van der Waals surface area (Å²) in [4.78, 5) is 4.49. The first-order valence-electron chi connectivity index (χ1n) is 6.88. The molecule has 1 N–H and O–H groups in total. The highest BCUT2D eigenvalue weighted by molar-refractivity contribution is 5.76. The molecule has 0 aliphatic heterocycles. The van der Waals surface area contributed by atoms with Crippen LogP contribution in [0.4, 0.5) is 0 Å². The van der Waals surface area contributed by atoms with Gasteiger partial charge in [0.15, 0.2) is 0 Å². The molecular weight excluding hydrogens is 222 g/mol. The summed E-state index contributed by atoms with van der Waals surface area (Å²) in [6.07, 6.45) is 4.25. The molecule has 0 aliphatic rings. The Bertz CT molecular complexity index is 499. The molecule has 0 spiro atoms. The van der Waals surface area contributed by atoms with Crippen LogP contribution in [-0.4, -0.2) is 22.6 Å². The van der Waals surface area contributed by atoms with E-state index >= 15 is 0 Å². The van der Waals surface area contributed by atoms with Crippen LogP contribution in [0.2, 0.25) is 0 Å². The van der Waals surface area contributed by atoms with Crippen molar-refractivity contribution in [1.82, 2.24) is 14.9 Å². The zero-order valence-electron chi connectivity index (χ0n) is 11.6. The molecule has 0 aliphatic carbocycles. The van der Waals surface area contributed by atoms with E-state index in [-0.39, 0.29) is 0 Å². The van der Waals surface area contributed by atoms with Gasteiger partial charge in [-0.05, 0) is 57.5 Å². The normalized spacial score (nSPS) is 11.6. The predicted molar refractivity (Wildman–Crippen MR) is 77.0 cm³/mol. The van der Waals surface area contributed by atoms with Gasteiger partial charge in [-0.3, -0.25) is 0 Å². The lowest BCUT2D eigenvalue weighted by Crippen LogP contribution is -2.14. The number of nitrogens with zero attached hydrogens (tertiary/aromatic N) is 2. The second-order valence-electron chi connectivity index (χ2n) is 5.03. The quantitative estimate of drug-likeness (QED) is 0.792. The maximum absolute atomic E-state index is 4.49. The van der Waals surface area contributed by atoms with Crippen molar-refractivity contribution in [2.75, 3.05) is 13.1 Å². The standard InChI is InChI=1S/C15H23N3/c1-4-16-9-5-6-13-7-8-15-14(10-13)17-11-18(15)12(2)3/h7-8,10-12,16H,4-6,9H2,1-3H3. The minimum absolute atomic E-state index is 0.467. The molecule has 0 bridgehead atoms. The first kappa shape index (κ1) is 13.1. The summed E-state index contributed by atoms with van der Waals surface area (Å²) in [5, 5.41) is 3.35. The third kappa shape index (κ3) is 2.91. The fraction of sp³-hybridized carbons (Fsp3) is 0.533. The van der Waals surface area contributed by atoms with E-state index in [1.807, 2.05) is 6.33 Å². The van der Waals surface area contributed by atoms with Crippen molar-refractivity contribution in [3.8, 4) is 0 Å². The Kier molecular flexibility index (Phi) is 4.37. The number of aromatic nitrogens is 2. The van der Waals surface area contributed by atoms with Gasteiger partial charge in [-0.15, -0.1) is 0 Å². The van der Waals surface area contributed by atoms with E-state index in [9.17, 15) is 0 Å². The number of hydrogen-bond acceptors (Lipinski definition) is 2. The number of rotatable bonds is 6. The largest absolute Gasteiger partial charge is 0.328 e. The number of benzene rings is 1. The Morgan fingerprint density at radius 2 is 2.17 bits per heavy atom. The van der Waals surface area contributed by atoms with Gasteiger partial charge in [-0.1, -0.05) is 13.0 Å². The third-order valence-corrected chi connectivity index (χ3v) is 3.26. The molecule has 2 aromatic rings. The molecule has 0 radical (unpaired) electrons. The van der Waals surface area contributed by atoms with Crippen molar-refractivity contribution in [2.24, 2.45) is 0 Å². The highest BCUT2D eigenvalue weighted by Gasteiger charge is 2.05. The van der Waals surface area contributed by atoms with E-state index in [0.29, 0.717) is 6.04 Å². The van der Waals surface area contributed by atoms with E-state index < -0.39 is 0 Å².